The number of esters is 1. The van der Waals surface area contributed by atoms with Gasteiger partial charge in [0.05, 0.1) is 12.3 Å². The molecule has 0 saturated carbocycles. The van der Waals surface area contributed by atoms with Crippen LogP contribution in [0.3, 0.4) is 0 Å². The summed E-state index contributed by atoms with van der Waals surface area (Å²) in [6, 6.07) is 0. The fourth-order valence-corrected chi connectivity index (χ4v) is 4.46. The van der Waals surface area contributed by atoms with Gasteiger partial charge in [-0.1, -0.05) is 0 Å². The molecule has 1 aromatic rings. The molecule has 0 spiro atoms. The van der Waals surface area contributed by atoms with Crippen LogP contribution in [0.1, 0.15) is 53.4 Å². The summed E-state index contributed by atoms with van der Waals surface area (Å²) in [5.41, 5.74) is 0.727. The predicted molar refractivity (Wildman–Crippen MR) is 77.7 cm³/mol. The Bertz CT molecular complexity index is 606. The molecular weight excluding hydrogens is 298 g/mol. The molecule has 2 rings (SSSR count). The second-order valence-electron chi connectivity index (χ2n) is 5.03. The number of rotatable bonds is 4. The number of carbonyl (C=O) groups excluding carboxylic acids is 1. The van der Waals surface area contributed by atoms with Crippen molar-refractivity contribution in [3.05, 3.63) is 15.6 Å². The summed E-state index contributed by atoms with van der Waals surface area (Å²) in [7, 11) is -3.17. The highest BCUT2D eigenvalue weighted by Gasteiger charge is 2.33. The van der Waals surface area contributed by atoms with E-state index in [1.165, 1.54) is 17.6 Å². The van der Waals surface area contributed by atoms with Crippen LogP contribution in [0, 0.1) is 0 Å². The van der Waals surface area contributed by atoms with E-state index in [4.69, 9.17) is 4.74 Å². The van der Waals surface area contributed by atoms with Gasteiger partial charge >= 0.3 is 5.97 Å². The van der Waals surface area contributed by atoms with E-state index in [9.17, 15) is 13.2 Å². The summed E-state index contributed by atoms with van der Waals surface area (Å²) < 4.78 is 28.4. The number of sulfone groups is 1. The number of aryl methyl sites for hydroxylation is 1. The third-order valence-electron chi connectivity index (χ3n) is 3.53. The van der Waals surface area contributed by atoms with E-state index in [1.54, 1.807) is 13.8 Å². The Balaban J connectivity index is 2.34. The number of aromatic nitrogens is 1. The summed E-state index contributed by atoms with van der Waals surface area (Å²) in [5.74, 6) is -0.590. The van der Waals surface area contributed by atoms with E-state index in [0.29, 0.717) is 11.6 Å². The molecule has 0 aliphatic heterocycles. The Morgan fingerprint density at radius 3 is 2.85 bits per heavy atom. The van der Waals surface area contributed by atoms with Crippen LogP contribution < -0.4 is 0 Å². The van der Waals surface area contributed by atoms with Gasteiger partial charge in [-0.3, -0.25) is 4.79 Å². The van der Waals surface area contributed by atoms with Crippen LogP contribution in [0.4, 0.5) is 0 Å². The maximum Gasteiger partial charge on any atom is 0.315 e. The van der Waals surface area contributed by atoms with E-state index in [1.807, 2.05) is 0 Å². The standard InChI is InChI=1S/C13H19NO4S2/c1-4-18-13(15)9-6-5-7-10-11(9)14-12(19-10)8(2)20(3,16)17/h8-9H,4-7H2,1-3H3. The number of thiazole rings is 1. The first kappa shape index (κ1) is 15.4. The van der Waals surface area contributed by atoms with Crippen LogP contribution >= 0.6 is 11.3 Å². The van der Waals surface area contributed by atoms with Crippen molar-refractivity contribution in [2.45, 2.75) is 44.3 Å². The maximum absolute atomic E-state index is 12.0. The van der Waals surface area contributed by atoms with Crippen molar-refractivity contribution in [3.63, 3.8) is 0 Å². The van der Waals surface area contributed by atoms with Crippen LogP contribution in [0.25, 0.3) is 0 Å². The van der Waals surface area contributed by atoms with Gasteiger partial charge < -0.3 is 4.74 Å². The van der Waals surface area contributed by atoms with Gasteiger partial charge in [0, 0.05) is 11.1 Å². The lowest BCUT2D eigenvalue weighted by atomic mass is 9.91. The summed E-state index contributed by atoms with van der Waals surface area (Å²) in [5, 5.41) is -0.0466. The lowest BCUT2D eigenvalue weighted by Crippen LogP contribution is -2.20. The molecule has 0 amide bonds. The molecule has 0 bridgehead atoms. The summed E-state index contributed by atoms with van der Waals surface area (Å²) >= 11 is 1.41. The van der Waals surface area contributed by atoms with Gasteiger partial charge in [-0.2, -0.15) is 0 Å². The molecule has 1 heterocycles. The third-order valence-corrected chi connectivity index (χ3v) is 6.50. The highest BCUT2D eigenvalue weighted by atomic mass is 32.2. The van der Waals surface area contributed by atoms with Crippen molar-refractivity contribution in [2.24, 2.45) is 0 Å². The van der Waals surface area contributed by atoms with Crippen molar-refractivity contribution in [3.8, 4) is 0 Å². The lowest BCUT2D eigenvalue weighted by Gasteiger charge is -2.19. The Morgan fingerprint density at radius 2 is 2.25 bits per heavy atom. The first-order chi connectivity index (χ1) is 9.34. The molecule has 1 aliphatic carbocycles. The second kappa shape index (κ2) is 5.81. The van der Waals surface area contributed by atoms with Crippen molar-refractivity contribution >= 4 is 27.1 Å². The van der Waals surface area contributed by atoms with E-state index >= 15 is 0 Å². The first-order valence-electron chi connectivity index (χ1n) is 6.69. The molecule has 0 fully saturated rings. The molecule has 1 aliphatic rings. The quantitative estimate of drug-likeness (QED) is 0.796. The largest absolute Gasteiger partial charge is 0.465 e. The number of hydrogen-bond acceptors (Lipinski definition) is 6. The average molecular weight is 317 g/mol. The zero-order chi connectivity index (χ0) is 14.9. The molecule has 0 radical (unpaired) electrons. The van der Waals surface area contributed by atoms with Crippen molar-refractivity contribution in [1.29, 1.82) is 0 Å². The van der Waals surface area contributed by atoms with Crippen molar-refractivity contribution in [1.82, 2.24) is 4.98 Å². The van der Waals surface area contributed by atoms with Gasteiger partial charge in [0.1, 0.15) is 16.2 Å². The van der Waals surface area contributed by atoms with Crippen LogP contribution in [0.5, 0.6) is 0 Å². The Morgan fingerprint density at radius 1 is 1.55 bits per heavy atom. The monoisotopic (exact) mass is 317 g/mol. The Kier molecular flexibility index (Phi) is 4.49. The van der Waals surface area contributed by atoms with E-state index in [2.05, 4.69) is 4.98 Å². The zero-order valence-electron chi connectivity index (χ0n) is 11.9. The molecule has 2 unspecified atom stereocenters. The molecule has 2 atom stereocenters. The van der Waals surface area contributed by atoms with Gasteiger partial charge in [0.15, 0.2) is 9.84 Å². The number of carbonyl (C=O) groups is 1. The number of hydrogen-bond donors (Lipinski definition) is 0. The fraction of sp³-hybridized carbons (Fsp3) is 0.692. The van der Waals surface area contributed by atoms with Gasteiger partial charge in [0.25, 0.3) is 0 Å². The zero-order valence-corrected chi connectivity index (χ0v) is 13.5. The molecular formula is C13H19NO4S2. The molecule has 112 valence electrons. The predicted octanol–water partition coefficient (Wildman–Crippen LogP) is 2.23. The Labute approximate surface area is 123 Å². The maximum atomic E-state index is 12.0. The molecule has 0 N–H and O–H groups in total. The smallest absolute Gasteiger partial charge is 0.315 e. The van der Waals surface area contributed by atoms with Gasteiger partial charge in [-0.25, -0.2) is 13.4 Å². The first-order valence-corrected chi connectivity index (χ1v) is 9.46. The minimum atomic E-state index is -3.17. The van der Waals surface area contributed by atoms with Crippen LogP contribution in [0.15, 0.2) is 0 Å². The van der Waals surface area contributed by atoms with E-state index in [-0.39, 0.29) is 11.9 Å². The minimum Gasteiger partial charge on any atom is -0.465 e. The second-order valence-corrected chi connectivity index (χ2v) is 8.51. The van der Waals surface area contributed by atoms with E-state index in [0.717, 1.165) is 29.8 Å². The fourth-order valence-electron chi connectivity index (χ4n) is 2.27. The Hall–Kier alpha value is -0.950. The highest BCUT2D eigenvalue weighted by molar-refractivity contribution is 7.91. The minimum absolute atomic E-state index is 0.252. The third kappa shape index (κ3) is 3.03. The normalized spacial score (nSPS) is 20.2. The van der Waals surface area contributed by atoms with E-state index < -0.39 is 15.1 Å². The number of ether oxygens (including phenoxy) is 1. The highest BCUT2D eigenvalue weighted by Crippen LogP contribution is 2.38. The molecule has 1 aromatic heterocycles. The average Bonchev–Trinajstić information content (AvgIpc) is 2.80. The van der Waals surface area contributed by atoms with Crippen LogP contribution in [-0.2, 0) is 25.8 Å². The van der Waals surface area contributed by atoms with Crippen molar-refractivity contribution in [2.75, 3.05) is 12.9 Å². The molecule has 5 nitrogen and oxygen atoms in total. The SMILES string of the molecule is CCOC(=O)C1CCCc2sc(C(C)S(C)(=O)=O)nc21. The number of nitrogens with zero attached hydrogens (tertiary/aromatic N) is 1. The van der Waals surface area contributed by atoms with Gasteiger partial charge in [-0.15, -0.1) is 11.3 Å². The summed E-state index contributed by atoms with van der Waals surface area (Å²) in [4.78, 5) is 17.4. The summed E-state index contributed by atoms with van der Waals surface area (Å²) in [6.45, 7) is 3.76. The van der Waals surface area contributed by atoms with Gasteiger partial charge in [0.2, 0.25) is 0 Å². The lowest BCUT2D eigenvalue weighted by molar-refractivity contribution is -0.145. The number of fused-ring (bicyclic) bond motifs is 1. The van der Waals surface area contributed by atoms with Crippen LogP contribution in [0.2, 0.25) is 0 Å². The molecule has 0 saturated heterocycles. The molecule has 7 heteroatoms. The topological polar surface area (TPSA) is 73.3 Å². The summed E-state index contributed by atoms with van der Waals surface area (Å²) in [6.07, 6.45) is 3.70. The molecule has 0 aromatic carbocycles. The molecule has 20 heavy (non-hydrogen) atoms. The van der Waals surface area contributed by atoms with Gasteiger partial charge in [-0.05, 0) is 33.1 Å². The van der Waals surface area contributed by atoms with Crippen molar-refractivity contribution < 1.29 is 17.9 Å². The van der Waals surface area contributed by atoms with Crippen LogP contribution in [-0.4, -0.2) is 32.2 Å².